The molecule has 3 aromatic rings. The van der Waals surface area contributed by atoms with Gasteiger partial charge in [-0.1, -0.05) is 41.7 Å². The van der Waals surface area contributed by atoms with Gasteiger partial charge < -0.3 is 14.6 Å². The minimum absolute atomic E-state index is 0.110. The van der Waals surface area contributed by atoms with Gasteiger partial charge >= 0.3 is 5.97 Å². The minimum Gasteiger partial charge on any atom is -0.508 e. The molecule has 0 fully saturated rings. The van der Waals surface area contributed by atoms with Crippen LogP contribution in [0.1, 0.15) is 31.0 Å². The first-order valence-corrected chi connectivity index (χ1v) is 10.9. The van der Waals surface area contributed by atoms with Crippen LogP contribution in [0, 0.1) is 0 Å². The third-order valence-corrected chi connectivity index (χ3v) is 6.10. The third kappa shape index (κ3) is 3.85. The normalized spacial score (nSPS) is 15.8. The van der Waals surface area contributed by atoms with Crippen LogP contribution >= 0.6 is 11.3 Å². The molecule has 1 aliphatic heterocycles. The van der Waals surface area contributed by atoms with Gasteiger partial charge in [-0.2, -0.15) is 0 Å². The average Bonchev–Trinajstić information content (AvgIpc) is 3.07. The zero-order chi connectivity index (χ0) is 22.8. The van der Waals surface area contributed by atoms with Crippen molar-refractivity contribution in [3.05, 3.63) is 90.6 Å². The van der Waals surface area contributed by atoms with Gasteiger partial charge in [-0.25, -0.2) is 9.79 Å². The molecule has 4 rings (SSSR count). The maximum absolute atomic E-state index is 13.5. The Balaban J connectivity index is 2.00. The molecular weight excluding hydrogens is 428 g/mol. The van der Waals surface area contributed by atoms with E-state index in [4.69, 9.17) is 9.47 Å². The van der Waals surface area contributed by atoms with Crippen molar-refractivity contribution in [2.45, 2.75) is 19.9 Å². The van der Waals surface area contributed by atoms with Crippen molar-refractivity contribution >= 4 is 23.4 Å². The second kappa shape index (κ2) is 8.84. The van der Waals surface area contributed by atoms with Crippen LogP contribution in [0.5, 0.6) is 11.5 Å². The number of fused-ring (bicyclic) bond motifs is 1. The molecule has 8 heteroatoms. The Labute approximate surface area is 188 Å². The van der Waals surface area contributed by atoms with Crippen molar-refractivity contribution in [1.29, 1.82) is 0 Å². The number of esters is 1. The molecule has 0 spiro atoms. The number of phenolic OH excluding ortho intramolecular Hbond substituents is 1. The van der Waals surface area contributed by atoms with Crippen LogP contribution in [0.25, 0.3) is 6.08 Å². The molecule has 1 aromatic heterocycles. The van der Waals surface area contributed by atoms with Gasteiger partial charge in [-0.05, 0) is 43.7 Å². The third-order valence-electron chi connectivity index (χ3n) is 5.12. The van der Waals surface area contributed by atoms with Crippen LogP contribution in [0.4, 0.5) is 0 Å². The SMILES string of the molecule is CCOC(=O)C1=C(C)N=c2s/c(=C\c3cccc(O)c3)c(=O)n2C1c1ccccc1OC. The molecule has 32 heavy (non-hydrogen) atoms. The highest BCUT2D eigenvalue weighted by molar-refractivity contribution is 7.07. The van der Waals surface area contributed by atoms with Crippen molar-refractivity contribution in [1.82, 2.24) is 4.57 Å². The highest BCUT2D eigenvalue weighted by Gasteiger charge is 2.34. The maximum atomic E-state index is 13.5. The van der Waals surface area contributed by atoms with E-state index >= 15 is 0 Å². The molecule has 2 heterocycles. The van der Waals surface area contributed by atoms with Crippen molar-refractivity contribution in [3.8, 4) is 11.5 Å². The quantitative estimate of drug-likeness (QED) is 0.604. The number of nitrogens with zero attached hydrogens (tertiary/aromatic N) is 2. The van der Waals surface area contributed by atoms with Gasteiger partial charge in [0.1, 0.15) is 17.5 Å². The van der Waals surface area contributed by atoms with Gasteiger partial charge in [-0.15, -0.1) is 0 Å². The number of hydrogen-bond donors (Lipinski definition) is 1. The topological polar surface area (TPSA) is 90.1 Å². The van der Waals surface area contributed by atoms with Crippen LogP contribution in [0.2, 0.25) is 0 Å². The Morgan fingerprint density at radius 1 is 1.25 bits per heavy atom. The Kier molecular flexibility index (Phi) is 5.96. The predicted molar refractivity (Wildman–Crippen MR) is 121 cm³/mol. The fourth-order valence-electron chi connectivity index (χ4n) is 3.74. The lowest BCUT2D eigenvalue weighted by Crippen LogP contribution is -2.40. The number of carbonyl (C=O) groups excluding carboxylic acids is 1. The number of hydrogen-bond acceptors (Lipinski definition) is 7. The van der Waals surface area contributed by atoms with E-state index in [1.807, 2.05) is 18.2 Å². The monoisotopic (exact) mass is 450 g/mol. The molecule has 0 saturated heterocycles. The Bertz CT molecular complexity index is 1400. The van der Waals surface area contributed by atoms with Gasteiger partial charge in [0, 0.05) is 5.56 Å². The fraction of sp³-hybridized carbons (Fsp3) is 0.208. The number of aromatic hydroxyl groups is 1. The Morgan fingerprint density at radius 2 is 2.03 bits per heavy atom. The first kappa shape index (κ1) is 21.6. The average molecular weight is 451 g/mol. The number of methoxy groups -OCH3 is 1. The number of thiazole rings is 1. The molecule has 1 aliphatic rings. The number of ether oxygens (including phenoxy) is 2. The van der Waals surface area contributed by atoms with E-state index in [2.05, 4.69) is 4.99 Å². The molecule has 0 amide bonds. The lowest BCUT2D eigenvalue weighted by molar-refractivity contribution is -0.139. The van der Waals surface area contributed by atoms with E-state index in [0.717, 1.165) is 0 Å². The predicted octanol–water partition coefficient (Wildman–Crippen LogP) is 2.51. The number of para-hydroxylation sites is 1. The summed E-state index contributed by atoms with van der Waals surface area (Å²) >= 11 is 1.22. The van der Waals surface area contributed by atoms with Gasteiger partial charge in [-0.3, -0.25) is 9.36 Å². The summed E-state index contributed by atoms with van der Waals surface area (Å²) in [4.78, 5) is 31.5. The van der Waals surface area contributed by atoms with E-state index in [9.17, 15) is 14.7 Å². The van der Waals surface area contributed by atoms with E-state index in [1.54, 1.807) is 57.4 Å². The van der Waals surface area contributed by atoms with Gasteiger partial charge in [0.25, 0.3) is 5.56 Å². The second-order valence-corrected chi connectivity index (χ2v) is 8.15. The van der Waals surface area contributed by atoms with E-state index in [0.29, 0.717) is 37.5 Å². The van der Waals surface area contributed by atoms with Crippen LogP contribution in [-0.2, 0) is 9.53 Å². The summed E-state index contributed by atoms with van der Waals surface area (Å²) in [5.74, 6) is 0.141. The summed E-state index contributed by atoms with van der Waals surface area (Å²) in [7, 11) is 1.55. The summed E-state index contributed by atoms with van der Waals surface area (Å²) in [5, 5.41) is 9.76. The highest BCUT2D eigenvalue weighted by Crippen LogP contribution is 2.35. The number of aromatic nitrogens is 1. The molecule has 1 unspecified atom stereocenters. The van der Waals surface area contributed by atoms with E-state index in [1.165, 1.54) is 15.9 Å². The van der Waals surface area contributed by atoms with E-state index < -0.39 is 12.0 Å². The van der Waals surface area contributed by atoms with Gasteiger partial charge in [0.15, 0.2) is 4.80 Å². The van der Waals surface area contributed by atoms with Crippen molar-refractivity contribution in [3.63, 3.8) is 0 Å². The number of allylic oxidation sites excluding steroid dienone is 1. The van der Waals surface area contributed by atoms with Crippen LogP contribution in [0.15, 0.2) is 69.6 Å². The van der Waals surface area contributed by atoms with E-state index in [-0.39, 0.29) is 17.9 Å². The zero-order valence-corrected chi connectivity index (χ0v) is 18.7. The number of rotatable bonds is 5. The van der Waals surface area contributed by atoms with Crippen molar-refractivity contribution in [2.24, 2.45) is 4.99 Å². The lowest BCUT2D eigenvalue weighted by atomic mass is 9.95. The maximum Gasteiger partial charge on any atom is 0.338 e. The standard InChI is InChI=1S/C24H22N2O5S/c1-4-31-23(29)20-14(2)25-24-26(21(20)17-10-5-6-11-18(17)30-3)22(28)19(32-24)13-15-8-7-9-16(27)12-15/h5-13,21,27H,4H2,1-3H3/b19-13-. The summed E-state index contributed by atoms with van der Waals surface area (Å²) in [6.45, 7) is 3.67. The Morgan fingerprint density at radius 3 is 2.75 bits per heavy atom. The zero-order valence-electron chi connectivity index (χ0n) is 17.9. The lowest BCUT2D eigenvalue weighted by Gasteiger charge is -2.25. The molecule has 1 N–H and O–H groups in total. The van der Waals surface area contributed by atoms with Crippen molar-refractivity contribution in [2.75, 3.05) is 13.7 Å². The number of benzene rings is 2. The fourth-order valence-corrected chi connectivity index (χ4v) is 4.79. The Hall–Kier alpha value is -3.65. The summed E-state index contributed by atoms with van der Waals surface area (Å²) in [6, 6.07) is 13.2. The molecule has 0 radical (unpaired) electrons. The first-order chi connectivity index (χ1) is 15.4. The highest BCUT2D eigenvalue weighted by atomic mass is 32.1. The van der Waals surface area contributed by atoms with Crippen LogP contribution in [-0.4, -0.2) is 29.4 Å². The van der Waals surface area contributed by atoms with Crippen LogP contribution < -0.4 is 19.6 Å². The molecule has 164 valence electrons. The molecule has 7 nitrogen and oxygen atoms in total. The molecule has 1 atom stereocenters. The largest absolute Gasteiger partial charge is 0.508 e. The minimum atomic E-state index is -0.743. The summed E-state index contributed by atoms with van der Waals surface area (Å²) in [5.41, 5.74) is 1.85. The summed E-state index contributed by atoms with van der Waals surface area (Å²) in [6.07, 6.45) is 1.70. The van der Waals surface area contributed by atoms with Crippen LogP contribution in [0.3, 0.4) is 0 Å². The number of carbonyl (C=O) groups is 1. The number of phenols is 1. The van der Waals surface area contributed by atoms with Crippen molar-refractivity contribution < 1.29 is 19.4 Å². The first-order valence-electron chi connectivity index (χ1n) is 10.1. The molecule has 0 bridgehead atoms. The molecule has 2 aromatic carbocycles. The van der Waals surface area contributed by atoms with Gasteiger partial charge in [0.05, 0.1) is 29.5 Å². The molecule has 0 saturated carbocycles. The second-order valence-electron chi connectivity index (χ2n) is 7.14. The molecular formula is C24H22N2O5S. The van der Waals surface area contributed by atoms with Gasteiger partial charge in [0.2, 0.25) is 0 Å². The summed E-state index contributed by atoms with van der Waals surface area (Å²) < 4.78 is 12.8. The smallest absolute Gasteiger partial charge is 0.338 e. The molecule has 0 aliphatic carbocycles.